The summed E-state index contributed by atoms with van der Waals surface area (Å²) in [6.45, 7) is 0.477. The standard InChI is InChI=1S/C18H15NO2/c20-17-9-8-15-10-13(6-7-16(15)11-17)12-19-18(21)14-4-2-1-3-5-14/h1-11,20H,12H2,(H,19,21). The van der Waals surface area contributed by atoms with Crippen LogP contribution in [0.2, 0.25) is 0 Å². The molecule has 0 aromatic heterocycles. The number of phenolic OH excluding ortho intramolecular Hbond substituents is 1. The van der Waals surface area contributed by atoms with Gasteiger partial charge in [-0.25, -0.2) is 0 Å². The molecule has 2 N–H and O–H groups in total. The topological polar surface area (TPSA) is 49.3 Å². The SMILES string of the molecule is O=C(NCc1ccc2cc(O)ccc2c1)c1ccccc1. The number of carbonyl (C=O) groups is 1. The first kappa shape index (κ1) is 13.2. The number of carbonyl (C=O) groups excluding carboxylic acids is 1. The first-order valence-electron chi connectivity index (χ1n) is 6.77. The fourth-order valence-corrected chi connectivity index (χ4v) is 2.27. The Bertz CT molecular complexity index is 782. The van der Waals surface area contributed by atoms with Gasteiger partial charge in [0.25, 0.3) is 5.91 Å². The summed E-state index contributed by atoms with van der Waals surface area (Å²) in [5.74, 6) is 0.175. The van der Waals surface area contributed by atoms with Crippen LogP contribution in [0.3, 0.4) is 0 Å². The highest BCUT2D eigenvalue weighted by molar-refractivity contribution is 5.94. The van der Waals surface area contributed by atoms with Gasteiger partial charge in [0.15, 0.2) is 0 Å². The maximum Gasteiger partial charge on any atom is 0.251 e. The highest BCUT2D eigenvalue weighted by Gasteiger charge is 2.04. The van der Waals surface area contributed by atoms with Crippen LogP contribution < -0.4 is 5.32 Å². The molecule has 0 radical (unpaired) electrons. The van der Waals surface area contributed by atoms with Gasteiger partial charge in [0, 0.05) is 12.1 Å². The molecule has 0 aliphatic rings. The predicted molar refractivity (Wildman–Crippen MR) is 83.2 cm³/mol. The molecule has 0 aliphatic carbocycles. The van der Waals surface area contributed by atoms with E-state index in [-0.39, 0.29) is 11.7 Å². The number of amides is 1. The van der Waals surface area contributed by atoms with Crippen molar-refractivity contribution in [3.8, 4) is 5.75 Å². The van der Waals surface area contributed by atoms with Gasteiger partial charge in [0.05, 0.1) is 0 Å². The molecule has 3 aromatic rings. The molecule has 0 fully saturated rings. The molecule has 0 saturated heterocycles. The van der Waals surface area contributed by atoms with Gasteiger partial charge < -0.3 is 10.4 Å². The summed E-state index contributed by atoms with van der Waals surface area (Å²) in [5.41, 5.74) is 1.68. The number of aromatic hydroxyl groups is 1. The average Bonchev–Trinajstić information content (AvgIpc) is 2.53. The van der Waals surface area contributed by atoms with Crippen molar-refractivity contribution in [1.29, 1.82) is 0 Å². The monoisotopic (exact) mass is 277 g/mol. The van der Waals surface area contributed by atoms with E-state index in [1.54, 1.807) is 24.3 Å². The molecule has 0 unspecified atom stereocenters. The van der Waals surface area contributed by atoms with Crippen LogP contribution in [0.5, 0.6) is 5.75 Å². The Morgan fingerprint density at radius 1 is 0.905 bits per heavy atom. The third kappa shape index (κ3) is 3.03. The molecule has 3 heteroatoms. The minimum absolute atomic E-state index is 0.0820. The second-order valence-corrected chi connectivity index (χ2v) is 4.91. The summed E-state index contributed by atoms with van der Waals surface area (Å²) in [4.78, 5) is 12.0. The lowest BCUT2D eigenvalue weighted by molar-refractivity contribution is 0.0951. The molecule has 0 heterocycles. The van der Waals surface area contributed by atoms with Gasteiger partial charge in [-0.05, 0) is 46.7 Å². The Hall–Kier alpha value is -2.81. The van der Waals surface area contributed by atoms with Crippen molar-refractivity contribution in [2.75, 3.05) is 0 Å². The van der Waals surface area contributed by atoms with E-state index in [1.165, 1.54) is 0 Å². The number of hydrogen-bond acceptors (Lipinski definition) is 2. The van der Waals surface area contributed by atoms with Crippen molar-refractivity contribution in [1.82, 2.24) is 5.32 Å². The van der Waals surface area contributed by atoms with Gasteiger partial charge in [-0.15, -0.1) is 0 Å². The van der Waals surface area contributed by atoms with Gasteiger partial charge >= 0.3 is 0 Å². The molecule has 0 atom stereocenters. The molecule has 0 bridgehead atoms. The van der Waals surface area contributed by atoms with E-state index in [0.717, 1.165) is 16.3 Å². The minimum Gasteiger partial charge on any atom is -0.508 e. The van der Waals surface area contributed by atoms with E-state index in [0.29, 0.717) is 12.1 Å². The van der Waals surface area contributed by atoms with Gasteiger partial charge in [0.2, 0.25) is 0 Å². The van der Waals surface area contributed by atoms with Crippen LogP contribution in [0.15, 0.2) is 66.7 Å². The molecule has 3 aromatic carbocycles. The highest BCUT2D eigenvalue weighted by atomic mass is 16.3. The zero-order valence-corrected chi connectivity index (χ0v) is 11.4. The van der Waals surface area contributed by atoms with Crippen LogP contribution in [0, 0.1) is 0 Å². The predicted octanol–water partition coefficient (Wildman–Crippen LogP) is 3.48. The summed E-state index contributed by atoms with van der Waals surface area (Å²) in [6, 6.07) is 20.3. The molecule has 21 heavy (non-hydrogen) atoms. The van der Waals surface area contributed by atoms with Crippen LogP contribution in [0.4, 0.5) is 0 Å². The van der Waals surface area contributed by atoms with E-state index in [4.69, 9.17) is 0 Å². The molecule has 0 spiro atoms. The Labute approximate surface area is 122 Å². The molecule has 0 aliphatic heterocycles. The molecular formula is C18H15NO2. The maximum atomic E-state index is 12.0. The number of phenols is 1. The zero-order valence-electron chi connectivity index (χ0n) is 11.4. The Morgan fingerprint density at radius 3 is 2.43 bits per heavy atom. The van der Waals surface area contributed by atoms with Gasteiger partial charge in [-0.1, -0.05) is 36.4 Å². The Balaban J connectivity index is 1.73. The fraction of sp³-hybridized carbons (Fsp3) is 0.0556. The van der Waals surface area contributed by atoms with Crippen molar-refractivity contribution >= 4 is 16.7 Å². The van der Waals surface area contributed by atoms with Crippen LogP contribution in [-0.4, -0.2) is 11.0 Å². The van der Waals surface area contributed by atoms with Gasteiger partial charge in [-0.3, -0.25) is 4.79 Å². The fourth-order valence-electron chi connectivity index (χ4n) is 2.27. The highest BCUT2D eigenvalue weighted by Crippen LogP contribution is 2.21. The largest absolute Gasteiger partial charge is 0.508 e. The summed E-state index contributed by atoms with van der Waals surface area (Å²) >= 11 is 0. The lowest BCUT2D eigenvalue weighted by Crippen LogP contribution is -2.22. The number of fused-ring (bicyclic) bond motifs is 1. The first-order chi connectivity index (χ1) is 10.2. The lowest BCUT2D eigenvalue weighted by Gasteiger charge is -2.07. The van der Waals surface area contributed by atoms with Crippen molar-refractivity contribution in [2.45, 2.75) is 6.54 Å². The average molecular weight is 277 g/mol. The van der Waals surface area contributed by atoms with Crippen LogP contribution in [0.1, 0.15) is 15.9 Å². The van der Waals surface area contributed by atoms with Gasteiger partial charge in [-0.2, -0.15) is 0 Å². The smallest absolute Gasteiger partial charge is 0.251 e. The minimum atomic E-state index is -0.0820. The van der Waals surface area contributed by atoms with Gasteiger partial charge in [0.1, 0.15) is 5.75 Å². The van der Waals surface area contributed by atoms with Crippen molar-refractivity contribution < 1.29 is 9.90 Å². The Morgan fingerprint density at radius 2 is 1.62 bits per heavy atom. The summed E-state index contributed by atoms with van der Waals surface area (Å²) < 4.78 is 0. The van der Waals surface area contributed by atoms with Crippen LogP contribution in [-0.2, 0) is 6.54 Å². The second-order valence-electron chi connectivity index (χ2n) is 4.91. The summed E-state index contributed by atoms with van der Waals surface area (Å²) in [6.07, 6.45) is 0. The van der Waals surface area contributed by atoms with E-state index >= 15 is 0 Å². The molecule has 1 amide bonds. The molecular weight excluding hydrogens is 262 g/mol. The first-order valence-corrected chi connectivity index (χ1v) is 6.77. The van der Waals surface area contributed by atoms with Crippen molar-refractivity contribution in [3.05, 3.63) is 77.9 Å². The van der Waals surface area contributed by atoms with E-state index < -0.39 is 0 Å². The van der Waals surface area contributed by atoms with Crippen LogP contribution in [0.25, 0.3) is 10.8 Å². The molecule has 3 nitrogen and oxygen atoms in total. The number of hydrogen-bond donors (Lipinski definition) is 2. The molecule has 0 saturated carbocycles. The lowest BCUT2D eigenvalue weighted by atomic mass is 10.1. The third-order valence-corrected chi connectivity index (χ3v) is 3.38. The normalized spacial score (nSPS) is 10.5. The number of rotatable bonds is 3. The maximum absolute atomic E-state index is 12.0. The van der Waals surface area contributed by atoms with E-state index in [9.17, 15) is 9.90 Å². The summed E-state index contributed by atoms with van der Waals surface area (Å²) in [7, 11) is 0. The second kappa shape index (κ2) is 5.67. The van der Waals surface area contributed by atoms with E-state index in [1.807, 2.05) is 42.5 Å². The third-order valence-electron chi connectivity index (χ3n) is 3.38. The zero-order chi connectivity index (χ0) is 14.7. The molecule has 3 rings (SSSR count). The Kier molecular flexibility index (Phi) is 3.56. The van der Waals surface area contributed by atoms with Crippen LogP contribution >= 0.6 is 0 Å². The number of nitrogens with one attached hydrogen (secondary N) is 1. The number of benzene rings is 3. The summed E-state index contributed by atoms with van der Waals surface area (Å²) in [5, 5.41) is 14.4. The quantitative estimate of drug-likeness (QED) is 0.770. The van der Waals surface area contributed by atoms with Crippen molar-refractivity contribution in [3.63, 3.8) is 0 Å². The van der Waals surface area contributed by atoms with E-state index in [2.05, 4.69) is 5.32 Å². The molecule has 104 valence electrons. The van der Waals surface area contributed by atoms with Crippen molar-refractivity contribution in [2.24, 2.45) is 0 Å².